The Labute approximate surface area is 181 Å². The van der Waals surface area contributed by atoms with Crippen LogP contribution in [0.3, 0.4) is 0 Å². The molecular formula is C24H30BrNO3. The van der Waals surface area contributed by atoms with E-state index in [1.54, 1.807) is 0 Å². The van der Waals surface area contributed by atoms with E-state index >= 15 is 0 Å². The molecule has 2 aromatic carbocycles. The number of carbonyl (C=O) groups is 1. The average Bonchev–Trinajstić information content (AvgIpc) is 3.03. The Morgan fingerprint density at radius 3 is 2.48 bits per heavy atom. The zero-order valence-corrected chi connectivity index (χ0v) is 19.3. The van der Waals surface area contributed by atoms with E-state index < -0.39 is 5.54 Å². The molecule has 2 fully saturated rings. The van der Waals surface area contributed by atoms with Crippen LogP contribution in [0.1, 0.15) is 58.9 Å². The number of amides is 1. The molecule has 4 rings (SSSR count). The molecule has 1 atom stereocenters. The molecule has 0 aromatic heterocycles. The van der Waals surface area contributed by atoms with Gasteiger partial charge in [0.05, 0.1) is 16.1 Å². The van der Waals surface area contributed by atoms with Gasteiger partial charge in [-0.1, -0.05) is 39.0 Å². The summed E-state index contributed by atoms with van der Waals surface area (Å²) in [4.78, 5) is 11.5. The molecule has 1 saturated carbocycles. The zero-order chi connectivity index (χ0) is 20.8. The molecular weight excluding hydrogens is 430 g/mol. The number of rotatable bonds is 3. The van der Waals surface area contributed by atoms with Gasteiger partial charge in [0, 0.05) is 0 Å². The number of cyclic esters (lactones) is 1. The van der Waals surface area contributed by atoms with Crippen molar-refractivity contribution < 1.29 is 14.3 Å². The van der Waals surface area contributed by atoms with Crippen molar-refractivity contribution >= 4 is 32.8 Å². The van der Waals surface area contributed by atoms with E-state index in [1.165, 1.54) is 12.8 Å². The number of nitrogens with one attached hydrogen (secondary N) is 1. The molecule has 1 heterocycles. The van der Waals surface area contributed by atoms with Crippen molar-refractivity contribution in [3.05, 3.63) is 40.4 Å². The molecule has 2 aromatic rings. The largest absolute Gasteiger partial charge is 0.489 e. The molecule has 2 aliphatic rings. The number of benzene rings is 2. The topological polar surface area (TPSA) is 47.6 Å². The monoisotopic (exact) mass is 459 g/mol. The lowest BCUT2D eigenvalue weighted by atomic mass is 9.72. The molecule has 1 aliphatic carbocycles. The van der Waals surface area contributed by atoms with Crippen LogP contribution in [0, 0.1) is 11.3 Å². The fourth-order valence-electron chi connectivity index (χ4n) is 4.60. The summed E-state index contributed by atoms with van der Waals surface area (Å²) in [5, 5.41) is 5.13. The van der Waals surface area contributed by atoms with Gasteiger partial charge in [0.2, 0.25) is 0 Å². The Balaban J connectivity index is 1.51. The molecule has 0 bridgehead atoms. The average molecular weight is 460 g/mol. The van der Waals surface area contributed by atoms with Crippen LogP contribution in [0.4, 0.5) is 4.79 Å². The first-order chi connectivity index (χ1) is 13.7. The first-order valence-electron chi connectivity index (χ1n) is 10.5. The SMILES string of the molecule is CC(C)(C)C1CCC(Oc2ccc3cc([C@]4(C)COC(=O)N4)ccc3c2Br)CC1. The molecule has 29 heavy (non-hydrogen) atoms. The minimum atomic E-state index is -0.487. The molecule has 1 amide bonds. The van der Waals surface area contributed by atoms with Crippen LogP contribution in [0.15, 0.2) is 34.8 Å². The highest BCUT2D eigenvalue weighted by molar-refractivity contribution is 9.10. The summed E-state index contributed by atoms with van der Waals surface area (Å²) in [6.07, 6.45) is 4.61. The van der Waals surface area contributed by atoms with E-state index in [9.17, 15) is 4.79 Å². The third-order valence-corrected chi connectivity index (χ3v) is 7.44. The Kier molecular flexibility index (Phi) is 5.30. The van der Waals surface area contributed by atoms with Gasteiger partial charge in [-0.15, -0.1) is 0 Å². The maximum atomic E-state index is 11.5. The highest BCUT2D eigenvalue weighted by atomic mass is 79.9. The Morgan fingerprint density at radius 1 is 1.14 bits per heavy atom. The highest BCUT2D eigenvalue weighted by Crippen LogP contribution is 2.41. The molecule has 0 spiro atoms. The van der Waals surface area contributed by atoms with Gasteiger partial charge in [-0.05, 0) is 88.3 Å². The van der Waals surface area contributed by atoms with E-state index in [4.69, 9.17) is 9.47 Å². The molecule has 0 unspecified atom stereocenters. The van der Waals surface area contributed by atoms with Crippen molar-refractivity contribution in [2.24, 2.45) is 11.3 Å². The summed E-state index contributed by atoms with van der Waals surface area (Å²) in [6, 6.07) is 10.4. The minimum absolute atomic E-state index is 0.284. The van der Waals surface area contributed by atoms with Gasteiger partial charge >= 0.3 is 6.09 Å². The first kappa shape index (κ1) is 20.5. The Morgan fingerprint density at radius 2 is 1.86 bits per heavy atom. The lowest BCUT2D eigenvalue weighted by molar-refractivity contribution is 0.0878. The standard InChI is InChI=1S/C24H30BrNO3/c1-23(2,3)16-6-9-18(10-7-16)29-20-12-5-15-13-17(8-11-19(15)21(20)25)24(4)14-28-22(27)26-24/h5,8,11-13,16,18H,6-7,9-10,14H2,1-4H3,(H,26,27)/t16?,18?,24-/m0/s1. The third-order valence-electron chi connectivity index (χ3n) is 6.62. The quantitative estimate of drug-likeness (QED) is 0.566. The van der Waals surface area contributed by atoms with Crippen molar-refractivity contribution in [1.82, 2.24) is 5.32 Å². The lowest BCUT2D eigenvalue weighted by Crippen LogP contribution is -2.37. The Hall–Kier alpha value is -1.75. The highest BCUT2D eigenvalue weighted by Gasteiger charge is 2.36. The van der Waals surface area contributed by atoms with Crippen LogP contribution in [0.25, 0.3) is 10.8 Å². The van der Waals surface area contributed by atoms with Gasteiger partial charge in [-0.25, -0.2) is 4.79 Å². The summed E-state index contributed by atoms with van der Waals surface area (Å²) < 4.78 is 12.5. The second-order valence-electron chi connectivity index (χ2n) is 9.80. The maximum Gasteiger partial charge on any atom is 0.408 e. The molecule has 1 saturated heterocycles. The van der Waals surface area contributed by atoms with E-state index in [1.807, 2.05) is 6.92 Å². The van der Waals surface area contributed by atoms with Gasteiger partial charge in [-0.3, -0.25) is 0 Å². The van der Waals surface area contributed by atoms with Gasteiger partial charge in [0.25, 0.3) is 0 Å². The van der Waals surface area contributed by atoms with Crippen LogP contribution < -0.4 is 10.1 Å². The summed E-state index contributed by atoms with van der Waals surface area (Å²) in [5.74, 6) is 1.69. The van der Waals surface area contributed by atoms with Crippen LogP contribution >= 0.6 is 15.9 Å². The smallest absolute Gasteiger partial charge is 0.408 e. The molecule has 156 valence electrons. The van der Waals surface area contributed by atoms with Crippen molar-refractivity contribution in [3.8, 4) is 5.75 Å². The second kappa shape index (κ2) is 7.50. The molecule has 4 nitrogen and oxygen atoms in total. The number of hydrogen-bond acceptors (Lipinski definition) is 3. The lowest BCUT2D eigenvalue weighted by Gasteiger charge is -2.37. The van der Waals surface area contributed by atoms with E-state index in [2.05, 4.69) is 72.3 Å². The number of carbonyl (C=O) groups excluding carboxylic acids is 1. The number of hydrogen-bond donors (Lipinski definition) is 1. The predicted octanol–water partition coefficient (Wildman–Crippen LogP) is 6.54. The van der Waals surface area contributed by atoms with Crippen LogP contribution in [0.2, 0.25) is 0 Å². The summed E-state index contributed by atoms with van der Waals surface area (Å²) >= 11 is 3.76. The zero-order valence-electron chi connectivity index (χ0n) is 17.7. The number of ether oxygens (including phenoxy) is 2. The van der Waals surface area contributed by atoms with Crippen molar-refractivity contribution in [1.29, 1.82) is 0 Å². The molecule has 0 radical (unpaired) electrons. The van der Waals surface area contributed by atoms with E-state index in [0.29, 0.717) is 12.0 Å². The fourth-order valence-corrected chi connectivity index (χ4v) is 5.18. The maximum absolute atomic E-state index is 11.5. The molecule has 5 heteroatoms. The van der Waals surface area contributed by atoms with E-state index in [0.717, 1.165) is 45.3 Å². The third kappa shape index (κ3) is 4.11. The van der Waals surface area contributed by atoms with Gasteiger partial charge in [0.15, 0.2) is 0 Å². The van der Waals surface area contributed by atoms with Gasteiger partial charge in [0.1, 0.15) is 12.4 Å². The van der Waals surface area contributed by atoms with Crippen molar-refractivity contribution in [2.75, 3.05) is 6.61 Å². The molecule has 1 N–H and O–H groups in total. The normalized spacial score (nSPS) is 27.6. The van der Waals surface area contributed by atoms with E-state index in [-0.39, 0.29) is 12.2 Å². The number of alkyl carbamates (subject to hydrolysis) is 1. The Bertz CT molecular complexity index is 928. The predicted molar refractivity (Wildman–Crippen MR) is 119 cm³/mol. The van der Waals surface area contributed by atoms with Crippen LogP contribution in [0.5, 0.6) is 5.75 Å². The van der Waals surface area contributed by atoms with Crippen molar-refractivity contribution in [2.45, 2.75) is 65.0 Å². The molecule has 1 aliphatic heterocycles. The van der Waals surface area contributed by atoms with Crippen LogP contribution in [-0.2, 0) is 10.3 Å². The van der Waals surface area contributed by atoms with Gasteiger partial charge in [-0.2, -0.15) is 0 Å². The number of halogens is 1. The summed E-state index contributed by atoms with van der Waals surface area (Å²) in [7, 11) is 0. The minimum Gasteiger partial charge on any atom is -0.489 e. The second-order valence-corrected chi connectivity index (χ2v) is 10.6. The first-order valence-corrected chi connectivity index (χ1v) is 11.3. The van der Waals surface area contributed by atoms with Gasteiger partial charge < -0.3 is 14.8 Å². The number of fused-ring (bicyclic) bond motifs is 1. The van der Waals surface area contributed by atoms with Crippen molar-refractivity contribution in [3.63, 3.8) is 0 Å². The summed E-state index contributed by atoms with van der Waals surface area (Å²) in [6.45, 7) is 9.36. The fraction of sp³-hybridized carbons (Fsp3) is 0.542. The van der Waals surface area contributed by atoms with Crippen LogP contribution in [-0.4, -0.2) is 18.8 Å². The summed E-state index contributed by atoms with van der Waals surface area (Å²) in [5.41, 5.74) is 0.933.